The number of hydrogen-bond donors (Lipinski definition) is 1. The lowest BCUT2D eigenvalue weighted by Crippen LogP contribution is -2.26. The topological polar surface area (TPSA) is 29.1 Å². The van der Waals surface area contributed by atoms with Crippen molar-refractivity contribution in [3.8, 4) is 0 Å². The van der Waals surface area contributed by atoms with Crippen LogP contribution in [-0.2, 0) is 10.2 Å². The highest BCUT2D eigenvalue weighted by molar-refractivity contribution is 6.10. The Balaban J connectivity index is 2.32. The van der Waals surface area contributed by atoms with Gasteiger partial charge in [0.2, 0.25) is 5.91 Å². The van der Waals surface area contributed by atoms with E-state index in [1.54, 1.807) is 6.07 Å². The first-order valence-corrected chi connectivity index (χ1v) is 5.89. The molecule has 3 heteroatoms. The molecule has 0 radical (unpaired) electrons. The summed E-state index contributed by atoms with van der Waals surface area (Å²) in [5.74, 6) is -0.404. The third-order valence-corrected chi connectivity index (χ3v) is 5.37. The summed E-state index contributed by atoms with van der Waals surface area (Å²) in [7, 11) is 0. The number of para-hydroxylation sites is 1. The van der Waals surface area contributed by atoms with Crippen LogP contribution in [0, 0.1) is 16.6 Å². The zero-order chi connectivity index (χ0) is 12.6. The van der Waals surface area contributed by atoms with Crippen molar-refractivity contribution in [2.75, 3.05) is 5.32 Å². The highest BCUT2D eigenvalue weighted by Gasteiger charge is 2.83. The maximum absolute atomic E-state index is 13.7. The summed E-state index contributed by atoms with van der Waals surface area (Å²) in [6, 6.07) is 4.94. The Hall–Kier alpha value is -1.38. The number of rotatable bonds is 0. The van der Waals surface area contributed by atoms with Crippen LogP contribution in [0.2, 0.25) is 0 Å². The maximum Gasteiger partial charge on any atom is 0.236 e. The summed E-state index contributed by atoms with van der Waals surface area (Å²) in [6.07, 6.45) is 0. The number of anilines is 1. The predicted molar refractivity (Wildman–Crippen MR) is 64.3 cm³/mol. The summed E-state index contributed by atoms with van der Waals surface area (Å²) >= 11 is 0. The number of benzene rings is 1. The molecule has 3 rings (SSSR count). The molecule has 1 aromatic carbocycles. The van der Waals surface area contributed by atoms with Gasteiger partial charge < -0.3 is 5.32 Å². The molecule has 90 valence electrons. The maximum atomic E-state index is 13.7. The minimum Gasteiger partial charge on any atom is -0.323 e. The molecular formula is C14H16FNO. The van der Waals surface area contributed by atoms with Gasteiger partial charge in [-0.05, 0) is 22.5 Å². The molecular weight excluding hydrogens is 217 g/mol. The second-order valence-corrected chi connectivity index (χ2v) is 6.12. The van der Waals surface area contributed by atoms with Crippen LogP contribution in [0.25, 0.3) is 0 Å². The van der Waals surface area contributed by atoms with Crippen molar-refractivity contribution < 1.29 is 9.18 Å². The first-order valence-electron chi connectivity index (χ1n) is 5.89. The van der Waals surface area contributed by atoms with E-state index in [-0.39, 0.29) is 22.6 Å². The SMILES string of the molecule is CC1(C)C(C)(C)C12C(=O)Nc1c(F)cccc12. The number of halogens is 1. The first kappa shape index (κ1) is 10.8. The van der Waals surface area contributed by atoms with Gasteiger partial charge in [-0.25, -0.2) is 4.39 Å². The lowest BCUT2D eigenvalue weighted by atomic mass is 9.87. The Morgan fingerprint density at radius 2 is 1.71 bits per heavy atom. The van der Waals surface area contributed by atoms with E-state index in [1.807, 2.05) is 6.07 Å². The molecule has 1 spiro atoms. The van der Waals surface area contributed by atoms with E-state index in [1.165, 1.54) is 6.07 Å². The minimum absolute atomic E-state index is 0.0624. The summed E-state index contributed by atoms with van der Waals surface area (Å²) in [4.78, 5) is 12.3. The number of nitrogens with one attached hydrogen (secondary N) is 1. The second-order valence-electron chi connectivity index (χ2n) is 6.12. The predicted octanol–water partition coefficient (Wildman–Crippen LogP) is 3.08. The van der Waals surface area contributed by atoms with Crippen molar-refractivity contribution >= 4 is 11.6 Å². The monoisotopic (exact) mass is 233 g/mol. The number of hydrogen-bond acceptors (Lipinski definition) is 1. The van der Waals surface area contributed by atoms with Gasteiger partial charge in [-0.15, -0.1) is 0 Å². The third kappa shape index (κ3) is 0.810. The van der Waals surface area contributed by atoms with E-state index in [2.05, 4.69) is 33.0 Å². The first-order chi connectivity index (χ1) is 7.78. The molecule has 2 nitrogen and oxygen atoms in total. The highest BCUT2D eigenvalue weighted by Crippen LogP contribution is 2.80. The van der Waals surface area contributed by atoms with E-state index in [9.17, 15) is 9.18 Å². The summed E-state index contributed by atoms with van der Waals surface area (Å²) in [5.41, 5.74) is 0.317. The van der Waals surface area contributed by atoms with Gasteiger partial charge >= 0.3 is 0 Å². The van der Waals surface area contributed by atoms with Gasteiger partial charge in [0, 0.05) is 0 Å². The molecule has 0 unspecified atom stereocenters. The van der Waals surface area contributed by atoms with Crippen molar-refractivity contribution in [2.45, 2.75) is 33.1 Å². The van der Waals surface area contributed by atoms with Crippen LogP contribution in [0.5, 0.6) is 0 Å². The molecule has 1 fully saturated rings. The number of carbonyl (C=O) groups is 1. The molecule has 2 aliphatic rings. The van der Waals surface area contributed by atoms with E-state index < -0.39 is 5.41 Å². The molecule has 0 atom stereocenters. The molecule has 1 amide bonds. The molecule has 1 aliphatic heterocycles. The van der Waals surface area contributed by atoms with E-state index in [0.29, 0.717) is 5.69 Å². The molecule has 1 aromatic rings. The fourth-order valence-corrected chi connectivity index (χ4v) is 3.85. The van der Waals surface area contributed by atoms with Crippen LogP contribution >= 0.6 is 0 Å². The molecule has 0 aromatic heterocycles. The van der Waals surface area contributed by atoms with Gasteiger partial charge in [0.25, 0.3) is 0 Å². The molecule has 0 bridgehead atoms. The van der Waals surface area contributed by atoms with Crippen molar-refractivity contribution in [3.05, 3.63) is 29.6 Å². The lowest BCUT2D eigenvalue weighted by Gasteiger charge is -2.12. The Bertz CT molecular complexity index is 531. The molecule has 17 heavy (non-hydrogen) atoms. The number of amides is 1. The fourth-order valence-electron chi connectivity index (χ4n) is 3.85. The van der Waals surface area contributed by atoms with Crippen molar-refractivity contribution in [3.63, 3.8) is 0 Å². The largest absolute Gasteiger partial charge is 0.323 e. The normalized spacial score (nSPS) is 25.6. The quantitative estimate of drug-likeness (QED) is 0.733. The average Bonchev–Trinajstić information content (AvgIpc) is 2.52. The fraction of sp³-hybridized carbons (Fsp3) is 0.500. The van der Waals surface area contributed by atoms with Gasteiger partial charge in [-0.3, -0.25) is 4.79 Å². The lowest BCUT2D eigenvalue weighted by molar-refractivity contribution is -0.119. The van der Waals surface area contributed by atoms with Crippen molar-refractivity contribution in [1.29, 1.82) is 0 Å². The molecule has 1 N–H and O–H groups in total. The van der Waals surface area contributed by atoms with Crippen LogP contribution in [0.15, 0.2) is 18.2 Å². The zero-order valence-electron chi connectivity index (χ0n) is 10.5. The summed E-state index contributed by atoms with van der Waals surface area (Å²) < 4.78 is 13.7. The average molecular weight is 233 g/mol. The third-order valence-electron chi connectivity index (χ3n) is 5.37. The van der Waals surface area contributed by atoms with E-state index >= 15 is 0 Å². The van der Waals surface area contributed by atoms with Crippen LogP contribution in [0.1, 0.15) is 33.3 Å². The van der Waals surface area contributed by atoms with Gasteiger partial charge in [0.1, 0.15) is 5.82 Å². The number of fused-ring (bicyclic) bond motifs is 2. The highest BCUT2D eigenvalue weighted by atomic mass is 19.1. The van der Waals surface area contributed by atoms with Crippen LogP contribution < -0.4 is 5.32 Å². The zero-order valence-corrected chi connectivity index (χ0v) is 10.5. The van der Waals surface area contributed by atoms with Gasteiger partial charge in [-0.2, -0.15) is 0 Å². The van der Waals surface area contributed by atoms with Crippen molar-refractivity contribution in [2.24, 2.45) is 10.8 Å². The van der Waals surface area contributed by atoms with E-state index in [0.717, 1.165) is 5.56 Å². The Labute approximate surface area is 100 Å². The molecule has 1 heterocycles. The van der Waals surface area contributed by atoms with Gasteiger partial charge in [0.15, 0.2) is 0 Å². The Kier molecular flexibility index (Phi) is 1.61. The smallest absolute Gasteiger partial charge is 0.236 e. The molecule has 1 aliphatic carbocycles. The second kappa shape index (κ2) is 2.55. The van der Waals surface area contributed by atoms with E-state index in [4.69, 9.17) is 0 Å². The minimum atomic E-state index is -0.572. The van der Waals surface area contributed by atoms with Crippen LogP contribution in [-0.4, -0.2) is 5.91 Å². The van der Waals surface area contributed by atoms with Crippen molar-refractivity contribution in [1.82, 2.24) is 0 Å². The van der Waals surface area contributed by atoms with Crippen LogP contribution in [0.3, 0.4) is 0 Å². The van der Waals surface area contributed by atoms with Gasteiger partial charge in [0.05, 0.1) is 11.1 Å². The summed E-state index contributed by atoms with van der Waals surface area (Å²) in [5, 5.41) is 2.72. The summed E-state index contributed by atoms with van der Waals surface area (Å²) in [6.45, 7) is 8.30. The Morgan fingerprint density at radius 3 is 2.24 bits per heavy atom. The Morgan fingerprint density at radius 1 is 1.12 bits per heavy atom. The molecule has 1 saturated carbocycles. The number of carbonyl (C=O) groups excluding carboxylic acids is 1. The van der Waals surface area contributed by atoms with Crippen LogP contribution in [0.4, 0.5) is 10.1 Å². The van der Waals surface area contributed by atoms with Gasteiger partial charge in [-0.1, -0.05) is 39.8 Å². The standard InChI is InChI=1S/C14H16FNO/c1-12(2)13(3,4)14(12)8-6-5-7-9(15)10(8)16-11(14)17/h5-7H,1-4H3,(H,16,17). The molecule has 0 saturated heterocycles.